The molecule has 0 aliphatic heterocycles. The van der Waals surface area contributed by atoms with E-state index >= 15 is 0 Å². The third-order valence-corrected chi connectivity index (χ3v) is 3.63. The van der Waals surface area contributed by atoms with Crippen LogP contribution in [0.15, 0.2) is 34.1 Å². The van der Waals surface area contributed by atoms with Crippen molar-refractivity contribution in [1.82, 2.24) is 0 Å². The molecule has 13 heavy (non-hydrogen) atoms. The summed E-state index contributed by atoms with van der Waals surface area (Å²) >= 11 is 1.58. The third kappa shape index (κ3) is 3.21. The van der Waals surface area contributed by atoms with Gasteiger partial charge < -0.3 is 0 Å². The van der Waals surface area contributed by atoms with Gasteiger partial charge >= 0.3 is 0 Å². The number of thioether (sulfide) groups is 1. The monoisotopic (exact) mass is 236 g/mol. The molecule has 0 fully saturated rings. The quantitative estimate of drug-likeness (QED) is 0.598. The van der Waals surface area contributed by atoms with Crippen LogP contribution in [0.4, 0.5) is 0 Å². The van der Waals surface area contributed by atoms with Gasteiger partial charge in [0.15, 0.2) is 0 Å². The normalized spacial score (nSPS) is 11.5. The molecule has 0 spiro atoms. The number of benzene rings is 1. The van der Waals surface area contributed by atoms with Crippen molar-refractivity contribution >= 4 is 31.5 Å². The first-order valence-corrected chi connectivity index (χ1v) is 7.01. The van der Waals surface area contributed by atoms with E-state index in [1.807, 2.05) is 13.0 Å². The van der Waals surface area contributed by atoms with Crippen molar-refractivity contribution in [3.63, 3.8) is 0 Å². The molecule has 0 amide bonds. The summed E-state index contributed by atoms with van der Waals surface area (Å²) in [4.78, 5) is 1.08. The van der Waals surface area contributed by atoms with Gasteiger partial charge in [0.25, 0.3) is 9.05 Å². The van der Waals surface area contributed by atoms with Crippen molar-refractivity contribution in [2.75, 3.05) is 5.75 Å². The molecule has 1 aromatic rings. The summed E-state index contributed by atoms with van der Waals surface area (Å²) in [6.45, 7) is 2.01. The van der Waals surface area contributed by atoms with Gasteiger partial charge in [-0.1, -0.05) is 13.0 Å². The Labute approximate surface area is 86.7 Å². The van der Waals surface area contributed by atoms with Gasteiger partial charge in [-0.15, -0.1) is 11.8 Å². The zero-order valence-corrected chi connectivity index (χ0v) is 9.42. The molecule has 0 heterocycles. The highest BCUT2D eigenvalue weighted by Gasteiger charge is 2.09. The van der Waals surface area contributed by atoms with Gasteiger partial charge in [-0.3, -0.25) is 0 Å². The Kier molecular flexibility index (Phi) is 3.64. The van der Waals surface area contributed by atoms with Crippen LogP contribution in [-0.4, -0.2) is 14.2 Å². The Morgan fingerprint density at radius 2 is 2.15 bits per heavy atom. The second-order valence-electron chi connectivity index (χ2n) is 2.35. The van der Waals surface area contributed by atoms with Gasteiger partial charge in [0.05, 0.1) is 4.90 Å². The van der Waals surface area contributed by atoms with Crippen molar-refractivity contribution in [3.8, 4) is 0 Å². The van der Waals surface area contributed by atoms with E-state index in [9.17, 15) is 8.42 Å². The molecule has 72 valence electrons. The Balaban J connectivity index is 3.06. The lowest BCUT2D eigenvalue weighted by Crippen LogP contribution is -1.89. The van der Waals surface area contributed by atoms with E-state index in [0.717, 1.165) is 10.6 Å². The van der Waals surface area contributed by atoms with Gasteiger partial charge in [-0.05, 0) is 24.0 Å². The number of rotatable bonds is 3. The van der Waals surface area contributed by atoms with Crippen LogP contribution in [-0.2, 0) is 9.05 Å². The largest absolute Gasteiger partial charge is 0.261 e. The summed E-state index contributed by atoms with van der Waals surface area (Å²) < 4.78 is 21.9. The van der Waals surface area contributed by atoms with Crippen LogP contribution in [0, 0.1) is 0 Å². The molecule has 0 radical (unpaired) electrons. The minimum absolute atomic E-state index is 0.160. The van der Waals surface area contributed by atoms with E-state index in [2.05, 4.69) is 0 Å². The molecule has 0 aliphatic carbocycles. The molecule has 1 aromatic carbocycles. The first-order chi connectivity index (χ1) is 6.04. The molecule has 0 aromatic heterocycles. The topological polar surface area (TPSA) is 34.1 Å². The van der Waals surface area contributed by atoms with E-state index in [0.29, 0.717) is 0 Å². The van der Waals surface area contributed by atoms with Crippen LogP contribution in [0.5, 0.6) is 0 Å². The molecular formula is C8H9ClO2S2. The lowest BCUT2D eigenvalue weighted by atomic mass is 10.4. The first kappa shape index (κ1) is 10.9. The Morgan fingerprint density at radius 1 is 1.46 bits per heavy atom. The highest BCUT2D eigenvalue weighted by atomic mass is 35.7. The van der Waals surface area contributed by atoms with Crippen molar-refractivity contribution in [2.45, 2.75) is 16.7 Å². The molecule has 0 atom stereocenters. The van der Waals surface area contributed by atoms with Crippen molar-refractivity contribution < 1.29 is 8.42 Å². The van der Waals surface area contributed by atoms with Gasteiger partial charge in [0, 0.05) is 15.6 Å². The van der Waals surface area contributed by atoms with E-state index in [-0.39, 0.29) is 4.90 Å². The zero-order valence-electron chi connectivity index (χ0n) is 7.03. The average Bonchev–Trinajstić information content (AvgIpc) is 2.04. The fraction of sp³-hybridized carbons (Fsp3) is 0.250. The minimum Gasteiger partial charge on any atom is -0.207 e. The second kappa shape index (κ2) is 4.35. The summed E-state index contributed by atoms with van der Waals surface area (Å²) in [6, 6.07) is 6.62. The summed E-state index contributed by atoms with van der Waals surface area (Å²) in [6.07, 6.45) is 0. The highest BCUT2D eigenvalue weighted by molar-refractivity contribution is 8.13. The second-order valence-corrected chi connectivity index (χ2v) is 6.25. The highest BCUT2D eigenvalue weighted by Crippen LogP contribution is 2.22. The zero-order chi connectivity index (χ0) is 9.90. The van der Waals surface area contributed by atoms with Crippen molar-refractivity contribution in [1.29, 1.82) is 0 Å². The van der Waals surface area contributed by atoms with Gasteiger partial charge in [-0.25, -0.2) is 8.42 Å². The summed E-state index contributed by atoms with van der Waals surface area (Å²) in [5.41, 5.74) is 0. The van der Waals surface area contributed by atoms with E-state index in [1.54, 1.807) is 23.9 Å². The molecular weight excluding hydrogens is 228 g/mol. The third-order valence-electron chi connectivity index (χ3n) is 1.40. The van der Waals surface area contributed by atoms with Crippen LogP contribution in [0.3, 0.4) is 0 Å². The van der Waals surface area contributed by atoms with Crippen LogP contribution >= 0.6 is 22.4 Å². The maximum absolute atomic E-state index is 10.9. The molecule has 0 unspecified atom stereocenters. The van der Waals surface area contributed by atoms with E-state index in [1.165, 1.54) is 6.07 Å². The molecule has 0 N–H and O–H groups in total. The van der Waals surface area contributed by atoms with Gasteiger partial charge in [0.1, 0.15) is 0 Å². The molecule has 0 bridgehead atoms. The Morgan fingerprint density at radius 3 is 2.69 bits per heavy atom. The lowest BCUT2D eigenvalue weighted by molar-refractivity contribution is 0.609. The van der Waals surface area contributed by atoms with Gasteiger partial charge in [-0.2, -0.15) is 0 Å². The Bertz CT molecular complexity index is 387. The van der Waals surface area contributed by atoms with E-state index in [4.69, 9.17) is 10.7 Å². The smallest absolute Gasteiger partial charge is 0.207 e. The maximum Gasteiger partial charge on any atom is 0.261 e. The van der Waals surface area contributed by atoms with Crippen molar-refractivity contribution in [3.05, 3.63) is 24.3 Å². The number of hydrogen-bond donors (Lipinski definition) is 0. The predicted octanol–water partition coefficient (Wildman–Crippen LogP) is 2.73. The molecule has 5 heteroatoms. The molecule has 2 nitrogen and oxygen atoms in total. The number of hydrogen-bond acceptors (Lipinski definition) is 3. The summed E-state index contributed by atoms with van der Waals surface area (Å²) in [5.74, 6) is 0.909. The average molecular weight is 237 g/mol. The summed E-state index contributed by atoms with van der Waals surface area (Å²) in [5, 5.41) is 0. The number of halogens is 1. The lowest BCUT2D eigenvalue weighted by Gasteiger charge is -2.00. The molecule has 0 saturated carbocycles. The SMILES string of the molecule is CCSc1cccc(S(=O)(=O)Cl)c1. The van der Waals surface area contributed by atoms with Crippen LogP contribution in [0.25, 0.3) is 0 Å². The fourth-order valence-electron chi connectivity index (χ4n) is 0.882. The van der Waals surface area contributed by atoms with Crippen LogP contribution in [0.1, 0.15) is 6.92 Å². The molecule has 1 rings (SSSR count). The van der Waals surface area contributed by atoms with Crippen molar-refractivity contribution in [2.24, 2.45) is 0 Å². The maximum atomic E-state index is 10.9. The van der Waals surface area contributed by atoms with Crippen LogP contribution < -0.4 is 0 Å². The Hall–Kier alpha value is -0.190. The summed E-state index contributed by atoms with van der Waals surface area (Å²) in [7, 11) is 1.61. The standard InChI is InChI=1S/C8H9ClO2S2/c1-2-12-7-4-3-5-8(6-7)13(9,10)11/h3-6H,2H2,1H3. The first-order valence-electron chi connectivity index (χ1n) is 3.71. The van der Waals surface area contributed by atoms with E-state index < -0.39 is 9.05 Å². The minimum atomic E-state index is -3.58. The van der Waals surface area contributed by atoms with Crippen LogP contribution in [0.2, 0.25) is 0 Å². The predicted molar refractivity (Wildman–Crippen MR) is 55.9 cm³/mol. The molecule has 0 aliphatic rings. The molecule has 0 saturated heterocycles. The van der Waals surface area contributed by atoms with Gasteiger partial charge in [0.2, 0.25) is 0 Å². The fourth-order valence-corrected chi connectivity index (χ4v) is 2.47.